The second-order valence-electron chi connectivity index (χ2n) is 3.87. The predicted molar refractivity (Wildman–Crippen MR) is 61.2 cm³/mol. The van der Waals surface area contributed by atoms with Crippen LogP contribution in [-0.4, -0.2) is 18.6 Å². The minimum absolute atomic E-state index is 0.128. The highest BCUT2D eigenvalue weighted by molar-refractivity contribution is 5.89. The average Bonchev–Trinajstić information content (AvgIpc) is 2.39. The van der Waals surface area contributed by atoms with E-state index in [1.165, 1.54) is 6.92 Å². The van der Waals surface area contributed by atoms with Crippen molar-refractivity contribution in [1.82, 2.24) is 0 Å². The molecule has 0 saturated heterocycles. The maximum Gasteiger partial charge on any atom is 0.379 e. The standard InChI is InChI=1S/C12H13F2NO3/c1-9(12(13,14)15-17)7-8-18-11(16)10-5-3-2-4-6-10/h2-6,9H,7-8H2,1H3. The smallest absolute Gasteiger partial charge is 0.379 e. The van der Waals surface area contributed by atoms with E-state index in [4.69, 9.17) is 4.74 Å². The fourth-order valence-electron chi connectivity index (χ4n) is 1.25. The van der Waals surface area contributed by atoms with Crippen LogP contribution in [0.1, 0.15) is 23.7 Å². The van der Waals surface area contributed by atoms with Crippen LogP contribution in [0.4, 0.5) is 8.78 Å². The molecule has 0 heterocycles. The molecule has 1 atom stereocenters. The minimum atomic E-state index is -3.63. The molecule has 0 aliphatic rings. The van der Waals surface area contributed by atoms with Crippen LogP contribution in [0.15, 0.2) is 35.5 Å². The second-order valence-corrected chi connectivity index (χ2v) is 3.87. The Morgan fingerprint density at radius 3 is 2.56 bits per heavy atom. The third-order valence-electron chi connectivity index (χ3n) is 2.51. The van der Waals surface area contributed by atoms with Gasteiger partial charge in [-0.05, 0) is 18.6 Å². The van der Waals surface area contributed by atoms with Gasteiger partial charge < -0.3 is 4.74 Å². The van der Waals surface area contributed by atoms with Gasteiger partial charge in [-0.25, -0.2) is 4.79 Å². The van der Waals surface area contributed by atoms with Crippen LogP contribution in [-0.2, 0) is 4.74 Å². The Balaban J connectivity index is 2.39. The number of benzene rings is 1. The molecule has 0 aliphatic carbocycles. The van der Waals surface area contributed by atoms with Crippen LogP contribution in [0, 0.1) is 10.8 Å². The fraction of sp³-hybridized carbons (Fsp3) is 0.417. The van der Waals surface area contributed by atoms with Gasteiger partial charge in [-0.3, -0.25) is 0 Å². The lowest BCUT2D eigenvalue weighted by Gasteiger charge is -2.15. The first-order valence-corrected chi connectivity index (χ1v) is 5.42. The molecule has 1 aromatic rings. The number of ether oxygens (including phenoxy) is 1. The van der Waals surface area contributed by atoms with Crippen molar-refractivity contribution in [3.8, 4) is 0 Å². The van der Waals surface area contributed by atoms with E-state index in [0.717, 1.165) is 0 Å². The van der Waals surface area contributed by atoms with E-state index in [1.807, 2.05) is 0 Å². The molecule has 4 nitrogen and oxygen atoms in total. The molecule has 0 fully saturated rings. The summed E-state index contributed by atoms with van der Waals surface area (Å²) in [5.74, 6) is -1.84. The van der Waals surface area contributed by atoms with Gasteiger partial charge in [0.2, 0.25) is 0 Å². The van der Waals surface area contributed by atoms with Crippen molar-refractivity contribution < 1.29 is 18.3 Å². The van der Waals surface area contributed by atoms with Crippen molar-refractivity contribution in [2.24, 2.45) is 11.1 Å². The molecule has 0 amide bonds. The molecular formula is C12H13F2NO3. The van der Waals surface area contributed by atoms with Crippen LogP contribution in [0.5, 0.6) is 0 Å². The summed E-state index contributed by atoms with van der Waals surface area (Å²) in [6.45, 7) is 0.998. The first kappa shape index (κ1) is 14.2. The lowest BCUT2D eigenvalue weighted by molar-refractivity contribution is -0.0528. The number of carbonyl (C=O) groups is 1. The van der Waals surface area contributed by atoms with Gasteiger partial charge in [-0.15, -0.1) is 4.91 Å². The normalized spacial score (nSPS) is 12.8. The summed E-state index contributed by atoms with van der Waals surface area (Å²) in [6.07, 6.45) is -0.128. The summed E-state index contributed by atoms with van der Waals surface area (Å²) in [6, 6.07) is 4.59. The molecule has 6 heteroatoms. The summed E-state index contributed by atoms with van der Waals surface area (Å²) < 4.78 is 30.4. The SMILES string of the molecule is CC(CCOC(=O)c1ccccc1)C(F)(F)N=O. The lowest BCUT2D eigenvalue weighted by Crippen LogP contribution is -2.24. The van der Waals surface area contributed by atoms with Gasteiger partial charge in [-0.1, -0.05) is 25.1 Å². The van der Waals surface area contributed by atoms with E-state index in [-0.39, 0.29) is 13.0 Å². The van der Waals surface area contributed by atoms with Crippen molar-refractivity contribution in [2.75, 3.05) is 6.61 Å². The molecule has 18 heavy (non-hydrogen) atoms. The van der Waals surface area contributed by atoms with Gasteiger partial charge in [0.25, 0.3) is 0 Å². The van der Waals surface area contributed by atoms with Crippen LogP contribution in [0.3, 0.4) is 0 Å². The van der Waals surface area contributed by atoms with Gasteiger partial charge in [0, 0.05) is 11.1 Å². The largest absolute Gasteiger partial charge is 0.462 e. The highest BCUT2D eigenvalue weighted by Gasteiger charge is 2.37. The van der Waals surface area contributed by atoms with Crippen molar-refractivity contribution in [3.05, 3.63) is 40.8 Å². The van der Waals surface area contributed by atoms with Gasteiger partial charge in [0.05, 0.1) is 12.2 Å². The van der Waals surface area contributed by atoms with E-state index in [9.17, 15) is 18.5 Å². The maximum atomic E-state index is 12.8. The Labute approximate surface area is 103 Å². The zero-order valence-electron chi connectivity index (χ0n) is 9.81. The van der Waals surface area contributed by atoms with Crippen LogP contribution >= 0.6 is 0 Å². The number of hydrogen-bond acceptors (Lipinski definition) is 4. The minimum Gasteiger partial charge on any atom is -0.462 e. The van der Waals surface area contributed by atoms with E-state index in [2.05, 4.69) is 0 Å². The number of hydrogen-bond donors (Lipinski definition) is 0. The molecule has 0 aliphatic heterocycles. The predicted octanol–water partition coefficient (Wildman–Crippen LogP) is 3.23. The Hall–Kier alpha value is -1.85. The summed E-state index contributed by atoms with van der Waals surface area (Å²) >= 11 is 0. The summed E-state index contributed by atoms with van der Waals surface area (Å²) in [5.41, 5.74) is 0.352. The Kier molecular flexibility index (Phi) is 4.88. The zero-order valence-corrected chi connectivity index (χ0v) is 9.81. The van der Waals surface area contributed by atoms with E-state index in [1.54, 1.807) is 35.5 Å². The average molecular weight is 257 g/mol. The molecule has 1 rings (SSSR count). The van der Waals surface area contributed by atoms with E-state index >= 15 is 0 Å². The Morgan fingerprint density at radius 2 is 2.00 bits per heavy atom. The number of nitroso groups, excluding NO2 is 1. The van der Waals surface area contributed by atoms with Gasteiger partial charge in [0.15, 0.2) is 0 Å². The van der Waals surface area contributed by atoms with Crippen LogP contribution in [0.25, 0.3) is 0 Å². The number of nitrogens with zero attached hydrogens (tertiary/aromatic N) is 1. The third-order valence-corrected chi connectivity index (χ3v) is 2.51. The van der Waals surface area contributed by atoms with Gasteiger partial charge in [-0.2, -0.15) is 8.78 Å². The number of alkyl halides is 2. The molecular weight excluding hydrogens is 244 g/mol. The van der Waals surface area contributed by atoms with E-state index in [0.29, 0.717) is 5.56 Å². The van der Waals surface area contributed by atoms with Crippen molar-refractivity contribution in [3.63, 3.8) is 0 Å². The second kappa shape index (κ2) is 6.18. The Morgan fingerprint density at radius 1 is 1.39 bits per heavy atom. The van der Waals surface area contributed by atoms with Crippen molar-refractivity contribution in [1.29, 1.82) is 0 Å². The van der Waals surface area contributed by atoms with Gasteiger partial charge >= 0.3 is 12.0 Å². The molecule has 1 aromatic carbocycles. The summed E-state index contributed by atoms with van der Waals surface area (Å²) in [4.78, 5) is 21.3. The molecule has 0 aromatic heterocycles. The van der Waals surface area contributed by atoms with Crippen molar-refractivity contribution >= 4 is 5.97 Å². The molecule has 98 valence electrons. The van der Waals surface area contributed by atoms with E-state index < -0.39 is 17.9 Å². The molecule has 0 saturated carbocycles. The summed E-state index contributed by atoms with van der Waals surface area (Å²) in [5, 5.41) is 1.75. The van der Waals surface area contributed by atoms with Crippen LogP contribution in [0.2, 0.25) is 0 Å². The monoisotopic (exact) mass is 257 g/mol. The zero-order chi connectivity index (χ0) is 13.6. The first-order valence-electron chi connectivity index (χ1n) is 5.42. The lowest BCUT2D eigenvalue weighted by atomic mass is 10.1. The summed E-state index contributed by atoms with van der Waals surface area (Å²) in [7, 11) is 0. The van der Waals surface area contributed by atoms with Crippen LogP contribution < -0.4 is 0 Å². The topological polar surface area (TPSA) is 55.7 Å². The number of halogens is 2. The molecule has 0 spiro atoms. The maximum absolute atomic E-state index is 12.8. The Bertz CT molecular complexity index is 409. The fourth-order valence-corrected chi connectivity index (χ4v) is 1.25. The number of esters is 1. The highest BCUT2D eigenvalue weighted by atomic mass is 19.3. The van der Waals surface area contributed by atoms with Crippen molar-refractivity contribution in [2.45, 2.75) is 19.4 Å². The highest BCUT2D eigenvalue weighted by Crippen LogP contribution is 2.27. The molecule has 1 unspecified atom stereocenters. The molecule has 0 radical (unpaired) electrons. The van der Waals surface area contributed by atoms with Gasteiger partial charge in [0.1, 0.15) is 0 Å². The molecule has 0 N–H and O–H groups in total. The number of rotatable bonds is 6. The molecule has 0 bridgehead atoms. The number of carbonyl (C=O) groups excluding carboxylic acids is 1. The third kappa shape index (κ3) is 3.87. The quantitative estimate of drug-likeness (QED) is 0.446. The first-order chi connectivity index (χ1) is 8.47.